The Bertz CT molecular complexity index is 1070. The summed E-state index contributed by atoms with van der Waals surface area (Å²) in [5.74, 6) is 1.29. The fraction of sp³-hybridized carbons (Fsp3) is 0.636. The number of sulfonamides is 1. The number of carbonyl (C=O) groups excluding carboxylic acids is 1. The molecule has 2 saturated heterocycles. The van der Waals surface area contributed by atoms with E-state index in [1.165, 1.54) is 18.4 Å². The number of hydrogen-bond acceptors (Lipinski definition) is 6. The predicted molar refractivity (Wildman–Crippen MR) is 120 cm³/mol. The molecule has 0 atom stereocenters. The highest BCUT2D eigenvalue weighted by molar-refractivity contribution is 7.89. The van der Waals surface area contributed by atoms with Gasteiger partial charge in [0.25, 0.3) is 0 Å². The quantitative estimate of drug-likeness (QED) is 0.621. The van der Waals surface area contributed by atoms with Crippen molar-refractivity contribution >= 4 is 27.0 Å². The first-order valence-corrected chi connectivity index (χ1v) is 12.7. The SMILES string of the molecule is CCn1c(CCC(=O)N2CCC(C3OCCO3)CC2)nc2cc(S(=O)(=O)N(C)C)ccc21. The van der Waals surface area contributed by atoms with E-state index in [1.54, 1.807) is 18.2 Å². The second-order valence-corrected chi connectivity index (χ2v) is 10.7. The molecule has 176 valence electrons. The van der Waals surface area contributed by atoms with E-state index >= 15 is 0 Å². The number of imidazole rings is 1. The average Bonchev–Trinajstić information content (AvgIpc) is 3.44. The first-order chi connectivity index (χ1) is 15.3. The van der Waals surface area contributed by atoms with Crippen molar-refractivity contribution in [2.45, 2.75) is 50.3 Å². The van der Waals surface area contributed by atoms with Crippen molar-refractivity contribution in [3.8, 4) is 0 Å². The number of rotatable bonds is 7. The minimum atomic E-state index is -3.52. The van der Waals surface area contributed by atoms with Gasteiger partial charge in [0.05, 0.1) is 29.1 Å². The minimum Gasteiger partial charge on any atom is -0.350 e. The predicted octanol–water partition coefficient (Wildman–Crippen LogP) is 1.85. The lowest BCUT2D eigenvalue weighted by atomic mass is 9.96. The molecular formula is C22H32N4O5S. The zero-order chi connectivity index (χ0) is 22.9. The van der Waals surface area contributed by atoms with E-state index in [1.807, 2.05) is 11.8 Å². The number of nitrogens with zero attached hydrogens (tertiary/aromatic N) is 4. The number of amides is 1. The van der Waals surface area contributed by atoms with Gasteiger partial charge in [-0.25, -0.2) is 17.7 Å². The van der Waals surface area contributed by atoms with Crippen molar-refractivity contribution in [3.63, 3.8) is 0 Å². The van der Waals surface area contributed by atoms with Crippen LogP contribution < -0.4 is 0 Å². The van der Waals surface area contributed by atoms with Gasteiger partial charge in [-0.3, -0.25) is 4.79 Å². The number of benzene rings is 1. The number of fused-ring (bicyclic) bond motifs is 1. The van der Waals surface area contributed by atoms with Crippen molar-refractivity contribution < 1.29 is 22.7 Å². The molecule has 1 aromatic carbocycles. The molecule has 10 heteroatoms. The molecule has 32 heavy (non-hydrogen) atoms. The summed E-state index contributed by atoms with van der Waals surface area (Å²) in [5, 5.41) is 0. The first kappa shape index (κ1) is 23.2. The summed E-state index contributed by atoms with van der Waals surface area (Å²) in [6, 6.07) is 5.02. The molecule has 1 amide bonds. The molecule has 2 aliphatic heterocycles. The Hall–Kier alpha value is -2.01. The van der Waals surface area contributed by atoms with Gasteiger partial charge < -0.3 is 18.9 Å². The molecular weight excluding hydrogens is 432 g/mol. The molecule has 2 aromatic rings. The smallest absolute Gasteiger partial charge is 0.242 e. The molecule has 9 nitrogen and oxygen atoms in total. The number of likely N-dealkylation sites (tertiary alicyclic amines) is 1. The van der Waals surface area contributed by atoms with Gasteiger partial charge in [0.15, 0.2) is 6.29 Å². The summed E-state index contributed by atoms with van der Waals surface area (Å²) in [4.78, 5) is 19.6. The Balaban J connectivity index is 1.42. The second kappa shape index (κ2) is 9.46. The topological polar surface area (TPSA) is 94.0 Å². The largest absolute Gasteiger partial charge is 0.350 e. The first-order valence-electron chi connectivity index (χ1n) is 11.2. The standard InChI is InChI=1S/C22H32N4O5S/c1-4-26-19-6-5-17(32(28,29)24(2)3)15-18(19)23-20(26)7-8-21(27)25-11-9-16(10-12-25)22-30-13-14-31-22/h5-6,15-16,22H,4,7-14H2,1-3H3. The molecule has 0 saturated carbocycles. The van der Waals surface area contributed by atoms with Crippen LogP contribution >= 0.6 is 0 Å². The zero-order valence-electron chi connectivity index (χ0n) is 19.0. The lowest BCUT2D eigenvalue weighted by Crippen LogP contribution is -2.41. The van der Waals surface area contributed by atoms with Gasteiger partial charge in [0, 0.05) is 52.5 Å². The van der Waals surface area contributed by atoms with Crippen LogP contribution in [0.3, 0.4) is 0 Å². The lowest BCUT2D eigenvalue weighted by molar-refractivity contribution is -0.136. The molecule has 0 N–H and O–H groups in total. The molecule has 0 aliphatic carbocycles. The highest BCUT2D eigenvalue weighted by atomic mass is 32.2. The maximum absolute atomic E-state index is 12.8. The fourth-order valence-corrected chi connectivity index (χ4v) is 5.44. The number of ether oxygens (including phenoxy) is 2. The number of aryl methyl sites for hydroxylation is 2. The third-order valence-corrected chi connectivity index (χ3v) is 8.19. The van der Waals surface area contributed by atoms with Crippen LogP contribution in [0, 0.1) is 5.92 Å². The van der Waals surface area contributed by atoms with E-state index in [9.17, 15) is 13.2 Å². The highest BCUT2D eigenvalue weighted by Gasteiger charge is 2.31. The van der Waals surface area contributed by atoms with Crippen molar-refractivity contribution in [2.24, 2.45) is 5.92 Å². The monoisotopic (exact) mass is 464 g/mol. The van der Waals surface area contributed by atoms with Gasteiger partial charge in [0.2, 0.25) is 15.9 Å². The number of piperidine rings is 1. The van der Waals surface area contributed by atoms with Crippen LogP contribution in [-0.2, 0) is 37.3 Å². The maximum atomic E-state index is 12.8. The van der Waals surface area contributed by atoms with Gasteiger partial charge in [-0.1, -0.05) is 0 Å². The summed E-state index contributed by atoms with van der Waals surface area (Å²) in [6.45, 7) is 5.49. The van der Waals surface area contributed by atoms with Crippen molar-refractivity contribution in [1.82, 2.24) is 18.8 Å². The Morgan fingerprint density at radius 1 is 1.19 bits per heavy atom. The molecule has 0 bridgehead atoms. The minimum absolute atomic E-state index is 0.113. The zero-order valence-corrected chi connectivity index (χ0v) is 19.8. The van der Waals surface area contributed by atoms with Gasteiger partial charge in [-0.15, -0.1) is 0 Å². The summed E-state index contributed by atoms with van der Waals surface area (Å²) in [5.41, 5.74) is 1.51. The van der Waals surface area contributed by atoms with Crippen LogP contribution in [-0.4, -0.2) is 79.8 Å². The molecule has 1 aromatic heterocycles. The van der Waals surface area contributed by atoms with Crippen LogP contribution in [0.5, 0.6) is 0 Å². The molecule has 0 radical (unpaired) electrons. The Morgan fingerprint density at radius 2 is 1.88 bits per heavy atom. The van der Waals surface area contributed by atoms with Gasteiger partial charge in [-0.2, -0.15) is 0 Å². The third kappa shape index (κ3) is 4.54. The molecule has 4 rings (SSSR count). The highest BCUT2D eigenvalue weighted by Crippen LogP contribution is 2.27. The van der Waals surface area contributed by atoms with Crippen molar-refractivity contribution in [2.75, 3.05) is 40.4 Å². The summed E-state index contributed by atoms with van der Waals surface area (Å²) in [7, 11) is -0.501. The normalized spacial score (nSPS) is 18.8. The fourth-order valence-electron chi connectivity index (χ4n) is 4.52. The molecule has 0 unspecified atom stereocenters. The third-order valence-electron chi connectivity index (χ3n) is 6.38. The molecule has 2 aliphatic rings. The van der Waals surface area contributed by atoms with E-state index in [2.05, 4.69) is 9.55 Å². The molecule has 0 spiro atoms. The van der Waals surface area contributed by atoms with E-state index in [4.69, 9.17) is 9.47 Å². The maximum Gasteiger partial charge on any atom is 0.242 e. The van der Waals surface area contributed by atoms with Crippen LogP contribution in [0.4, 0.5) is 0 Å². The number of hydrogen-bond donors (Lipinski definition) is 0. The van der Waals surface area contributed by atoms with E-state index in [0.717, 1.165) is 37.3 Å². The summed E-state index contributed by atoms with van der Waals surface area (Å²) >= 11 is 0. The van der Waals surface area contributed by atoms with Crippen molar-refractivity contribution in [1.29, 1.82) is 0 Å². The average molecular weight is 465 g/mol. The van der Waals surface area contributed by atoms with Gasteiger partial charge in [0.1, 0.15) is 5.82 Å². The van der Waals surface area contributed by atoms with E-state index in [0.29, 0.717) is 44.0 Å². The van der Waals surface area contributed by atoms with Crippen LogP contribution in [0.15, 0.2) is 23.1 Å². The molecule has 2 fully saturated rings. The number of carbonyl (C=O) groups is 1. The van der Waals surface area contributed by atoms with Crippen LogP contribution in [0.2, 0.25) is 0 Å². The van der Waals surface area contributed by atoms with Gasteiger partial charge >= 0.3 is 0 Å². The van der Waals surface area contributed by atoms with E-state index in [-0.39, 0.29) is 17.1 Å². The summed E-state index contributed by atoms with van der Waals surface area (Å²) < 4.78 is 39.4. The Morgan fingerprint density at radius 3 is 2.50 bits per heavy atom. The molecule has 3 heterocycles. The van der Waals surface area contributed by atoms with Crippen LogP contribution in [0.25, 0.3) is 11.0 Å². The lowest BCUT2D eigenvalue weighted by Gasteiger charge is -2.33. The van der Waals surface area contributed by atoms with Crippen LogP contribution in [0.1, 0.15) is 32.0 Å². The summed E-state index contributed by atoms with van der Waals surface area (Å²) in [6.07, 6.45) is 2.58. The van der Waals surface area contributed by atoms with Gasteiger partial charge in [-0.05, 0) is 38.0 Å². The van der Waals surface area contributed by atoms with E-state index < -0.39 is 10.0 Å². The Kier molecular flexibility index (Phi) is 6.85. The number of aromatic nitrogens is 2. The van der Waals surface area contributed by atoms with Crippen molar-refractivity contribution in [3.05, 3.63) is 24.0 Å². The second-order valence-electron chi connectivity index (χ2n) is 8.54. The Labute approximate surface area is 189 Å².